The number of aromatic nitrogens is 1. The Morgan fingerprint density at radius 3 is 2.61 bits per heavy atom. The Morgan fingerprint density at radius 1 is 1.44 bits per heavy atom. The SMILES string of the molecule is CCNC(C)C(c1cc([N+](=O)[O-])ccn1)C(C)C. The number of nitrogens with zero attached hydrogens (tertiary/aromatic N) is 2. The molecule has 2 unspecified atom stereocenters. The van der Waals surface area contributed by atoms with Gasteiger partial charge in [-0.15, -0.1) is 0 Å². The van der Waals surface area contributed by atoms with Gasteiger partial charge in [0.25, 0.3) is 5.69 Å². The van der Waals surface area contributed by atoms with Gasteiger partial charge in [0.2, 0.25) is 0 Å². The van der Waals surface area contributed by atoms with Crippen LogP contribution in [0.3, 0.4) is 0 Å². The number of nitro groups is 1. The summed E-state index contributed by atoms with van der Waals surface area (Å²) in [5, 5.41) is 14.2. The molecule has 0 saturated carbocycles. The maximum Gasteiger partial charge on any atom is 0.272 e. The standard InChI is InChI=1S/C13H21N3O2/c1-5-14-10(4)13(9(2)3)12-8-11(16(17)18)6-7-15-12/h6-10,13-14H,5H2,1-4H3. The Morgan fingerprint density at radius 2 is 2.11 bits per heavy atom. The van der Waals surface area contributed by atoms with Gasteiger partial charge in [0.05, 0.1) is 10.6 Å². The molecule has 0 aliphatic heterocycles. The smallest absolute Gasteiger partial charge is 0.272 e. The monoisotopic (exact) mass is 251 g/mol. The molecule has 0 saturated heterocycles. The van der Waals surface area contributed by atoms with Gasteiger partial charge in [0.15, 0.2) is 0 Å². The van der Waals surface area contributed by atoms with Crippen molar-refractivity contribution in [2.24, 2.45) is 5.92 Å². The average Bonchev–Trinajstić information content (AvgIpc) is 2.29. The van der Waals surface area contributed by atoms with Crippen LogP contribution in [-0.4, -0.2) is 22.5 Å². The van der Waals surface area contributed by atoms with E-state index in [1.807, 2.05) is 0 Å². The summed E-state index contributed by atoms with van der Waals surface area (Å²) in [5.74, 6) is 0.540. The van der Waals surface area contributed by atoms with E-state index in [0.29, 0.717) is 5.92 Å². The molecule has 0 aromatic carbocycles. The molecule has 0 radical (unpaired) electrons. The van der Waals surface area contributed by atoms with Crippen molar-refractivity contribution in [3.63, 3.8) is 0 Å². The minimum absolute atomic E-state index is 0.106. The zero-order chi connectivity index (χ0) is 13.7. The van der Waals surface area contributed by atoms with E-state index in [9.17, 15) is 10.1 Å². The van der Waals surface area contributed by atoms with Crippen LogP contribution in [0, 0.1) is 16.0 Å². The lowest BCUT2D eigenvalue weighted by atomic mass is 9.86. The summed E-state index contributed by atoms with van der Waals surface area (Å²) in [5.41, 5.74) is 0.891. The van der Waals surface area contributed by atoms with Crippen LogP contribution in [0.25, 0.3) is 0 Å². The summed E-state index contributed by atoms with van der Waals surface area (Å²) in [7, 11) is 0. The molecule has 100 valence electrons. The zero-order valence-corrected chi connectivity index (χ0v) is 11.4. The summed E-state index contributed by atoms with van der Waals surface area (Å²) in [6, 6.07) is 3.25. The summed E-state index contributed by atoms with van der Waals surface area (Å²) in [6.45, 7) is 9.24. The number of likely N-dealkylation sites (N-methyl/N-ethyl adjacent to an activating group) is 1. The van der Waals surface area contributed by atoms with Crippen LogP contribution < -0.4 is 5.32 Å². The number of nitrogens with one attached hydrogen (secondary N) is 1. The van der Waals surface area contributed by atoms with Crippen molar-refractivity contribution in [2.75, 3.05) is 6.54 Å². The van der Waals surface area contributed by atoms with E-state index in [1.54, 1.807) is 6.07 Å². The van der Waals surface area contributed by atoms with Crippen molar-refractivity contribution in [3.8, 4) is 0 Å². The van der Waals surface area contributed by atoms with Crippen LogP contribution in [0.2, 0.25) is 0 Å². The molecule has 0 aliphatic rings. The molecular formula is C13H21N3O2. The van der Waals surface area contributed by atoms with Gasteiger partial charge in [-0.3, -0.25) is 15.1 Å². The van der Waals surface area contributed by atoms with Gasteiger partial charge in [-0.2, -0.15) is 0 Å². The summed E-state index contributed by atoms with van der Waals surface area (Å²) >= 11 is 0. The number of rotatable bonds is 6. The minimum Gasteiger partial charge on any atom is -0.314 e. The maximum atomic E-state index is 10.8. The number of hydrogen-bond donors (Lipinski definition) is 1. The van der Waals surface area contributed by atoms with E-state index in [2.05, 4.69) is 38.0 Å². The zero-order valence-electron chi connectivity index (χ0n) is 11.4. The topological polar surface area (TPSA) is 68.1 Å². The van der Waals surface area contributed by atoms with Crippen molar-refractivity contribution < 1.29 is 4.92 Å². The molecule has 0 amide bonds. The Labute approximate surface area is 108 Å². The van der Waals surface area contributed by atoms with Crippen LogP contribution in [0.1, 0.15) is 39.3 Å². The molecule has 0 fully saturated rings. The van der Waals surface area contributed by atoms with Crippen LogP contribution >= 0.6 is 0 Å². The fraction of sp³-hybridized carbons (Fsp3) is 0.615. The van der Waals surface area contributed by atoms with E-state index in [0.717, 1.165) is 12.2 Å². The highest BCUT2D eigenvalue weighted by atomic mass is 16.6. The van der Waals surface area contributed by atoms with E-state index in [1.165, 1.54) is 12.3 Å². The Kier molecular flexibility index (Phi) is 5.22. The molecule has 5 heteroatoms. The van der Waals surface area contributed by atoms with Gasteiger partial charge in [-0.1, -0.05) is 20.8 Å². The summed E-state index contributed by atoms with van der Waals surface area (Å²) in [4.78, 5) is 14.7. The van der Waals surface area contributed by atoms with Crippen LogP contribution in [0.15, 0.2) is 18.3 Å². The summed E-state index contributed by atoms with van der Waals surface area (Å²) in [6.07, 6.45) is 1.52. The summed E-state index contributed by atoms with van der Waals surface area (Å²) < 4.78 is 0. The van der Waals surface area contributed by atoms with Crippen LogP contribution in [-0.2, 0) is 0 Å². The highest BCUT2D eigenvalue weighted by Gasteiger charge is 2.24. The van der Waals surface area contributed by atoms with Gasteiger partial charge in [-0.05, 0) is 19.4 Å². The first kappa shape index (κ1) is 14.6. The second-order valence-electron chi connectivity index (χ2n) is 4.81. The molecule has 0 bridgehead atoms. The van der Waals surface area contributed by atoms with Gasteiger partial charge in [0, 0.05) is 30.3 Å². The molecule has 2 atom stereocenters. The van der Waals surface area contributed by atoms with Gasteiger partial charge in [-0.25, -0.2) is 0 Å². The predicted octanol–water partition coefficient (Wildman–Crippen LogP) is 2.73. The third kappa shape index (κ3) is 3.50. The molecule has 1 heterocycles. The van der Waals surface area contributed by atoms with Crippen LogP contribution in [0.5, 0.6) is 0 Å². The highest BCUT2D eigenvalue weighted by molar-refractivity contribution is 5.31. The Balaban J connectivity index is 3.05. The highest BCUT2D eigenvalue weighted by Crippen LogP contribution is 2.28. The largest absolute Gasteiger partial charge is 0.314 e. The first-order valence-corrected chi connectivity index (χ1v) is 6.31. The molecule has 5 nitrogen and oxygen atoms in total. The number of hydrogen-bond acceptors (Lipinski definition) is 4. The van der Waals surface area contributed by atoms with E-state index in [4.69, 9.17) is 0 Å². The second kappa shape index (κ2) is 6.44. The molecule has 0 spiro atoms. The van der Waals surface area contributed by atoms with Gasteiger partial charge < -0.3 is 5.32 Å². The average molecular weight is 251 g/mol. The van der Waals surface area contributed by atoms with E-state index in [-0.39, 0.29) is 22.6 Å². The van der Waals surface area contributed by atoms with Crippen LogP contribution in [0.4, 0.5) is 5.69 Å². The molecule has 18 heavy (non-hydrogen) atoms. The molecule has 1 rings (SSSR count). The molecule has 1 N–H and O–H groups in total. The maximum absolute atomic E-state index is 10.8. The van der Waals surface area contributed by atoms with E-state index < -0.39 is 0 Å². The van der Waals surface area contributed by atoms with Crippen molar-refractivity contribution in [3.05, 3.63) is 34.1 Å². The first-order chi connectivity index (χ1) is 8.47. The predicted molar refractivity (Wildman–Crippen MR) is 71.6 cm³/mol. The molecule has 1 aromatic heterocycles. The van der Waals surface area contributed by atoms with Crippen molar-refractivity contribution in [1.29, 1.82) is 0 Å². The van der Waals surface area contributed by atoms with Crippen molar-refractivity contribution in [1.82, 2.24) is 10.3 Å². The molecule has 1 aromatic rings. The lowest BCUT2D eigenvalue weighted by molar-refractivity contribution is -0.385. The number of pyridine rings is 1. The molecular weight excluding hydrogens is 230 g/mol. The third-order valence-corrected chi connectivity index (χ3v) is 3.10. The van der Waals surface area contributed by atoms with Gasteiger partial charge in [0.1, 0.15) is 0 Å². The molecule has 0 aliphatic carbocycles. The Bertz CT molecular complexity index is 407. The van der Waals surface area contributed by atoms with Gasteiger partial charge >= 0.3 is 0 Å². The minimum atomic E-state index is -0.375. The quantitative estimate of drug-likeness (QED) is 0.623. The normalized spacial score (nSPS) is 14.5. The van der Waals surface area contributed by atoms with E-state index >= 15 is 0 Å². The lowest BCUT2D eigenvalue weighted by Gasteiger charge is -2.27. The fourth-order valence-corrected chi connectivity index (χ4v) is 2.36. The van der Waals surface area contributed by atoms with Crippen molar-refractivity contribution in [2.45, 2.75) is 39.7 Å². The second-order valence-corrected chi connectivity index (χ2v) is 4.81. The van der Waals surface area contributed by atoms with Crippen molar-refractivity contribution >= 4 is 5.69 Å². The first-order valence-electron chi connectivity index (χ1n) is 6.31. The fourth-order valence-electron chi connectivity index (χ4n) is 2.36. The lowest BCUT2D eigenvalue weighted by Crippen LogP contribution is -2.35. The Hall–Kier alpha value is -1.49. The third-order valence-electron chi connectivity index (χ3n) is 3.10.